The molecule has 0 unspecified atom stereocenters. The van der Waals surface area contributed by atoms with E-state index < -0.39 is 11.9 Å². The molecular formula is C13H20N4O4. The number of rotatable bonds is 5. The van der Waals surface area contributed by atoms with E-state index in [1.807, 2.05) is 4.90 Å². The molecule has 1 aliphatic rings. The molecule has 116 valence electrons. The third kappa shape index (κ3) is 4.27. The fourth-order valence-electron chi connectivity index (χ4n) is 2.43. The molecule has 1 aromatic heterocycles. The number of aromatic amines is 1. The number of H-pyrrole nitrogens is 1. The summed E-state index contributed by atoms with van der Waals surface area (Å²) in [6.07, 6.45) is 3.31. The molecule has 0 bridgehead atoms. The molecule has 1 atom stereocenters. The molecule has 8 heteroatoms. The zero-order chi connectivity index (χ0) is 15.2. The molecule has 0 aliphatic carbocycles. The number of amides is 1. The molecule has 1 aliphatic heterocycles. The summed E-state index contributed by atoms with van der Waals surface area (Å²) in [5.74, 6) is -1.66. The summed E-state index contributed by atoms with van der Waals surface area (Å²) in [6, 6.07) is 0. The molecule has 0 saturated carbocycles. The lowest BCUT2D eigenvalue weighted by atomic mass is 10.1. The van der Waals surface area contributed by atoms with E-state index in [-0.39, 0.29) is 19.1 Å². The average molecular weight is 296 g/mol. The maximum absolute atomic E-state index is 11.9. The topological polar surface area (TPSA) is 98.8 Å². The number of hydrogen-bond acceptors (Lipinski definition) is 5. The Morgan fingerprint density at radius 3 is 2.90 bits per heavy atom. The van der Waals surface area contributed by atoms with Gasteiger partial charge in [-0.25, -0.2) is 4.98 Å². The Balaban J connectivity index is 2.03. The van der Waals surface area contributed by atoms with Gasteiger partial charge in [0.2, 0.25) is 5.91 Å². The molecule has 2 N–H and O–H groups in total. The second-order valence-corrected chi connectivity index (χ2v) is 5.12. The van der Waals surface area contributed by atoms with Gasteiger partial charge >= 0.3 is 5.97 Å². The number of hydrogen-bond donors (Lipinski definition) is 2. The minimum absolute atomic E-state index is 0.0209. The van der Waals surface area contributed by atoms with E-state index in [2.05, 4.69) is 9.97 Å². The Bertz CT molecular complexity index is 477. The molecule has 1 fully saturated rings. The highest BCUT2D eigenvalue weighted by atomic mass is 16.5. The zero-order valence-corrected chi connectivity index (χ0v) is 12.0. The third-order valence-corrected chi connectivity index (χ3v) is 3.52. The number of methoxy groups -OCH3 is 1. The predicted octanol–water partition coefficient (Wildman–Crippen LogP) is -0.599. The quantitative estimate of drug-likeness (QED) is 0.753. The van der Waals surface area contributed by atoms with Crippen LogP contribution in [0.15, 0.2) is 12.5 Å². The maximum Gasteiger partial charge on any atom is 0.309 e. The first kappa shape index (κ1) is 15.5. The van der Waals surface area contributed by atoms with Crippen LogP contribution in [0.2, 0.25) is 0 Å². The molecule has 21 heavy (non-hydrogen) atoms. The van der Waals surface area contributed by atoms with Crippen molar-refractivity contribution in [1.82, 2.24) is 19.8 Å². The van der Waals surface area contributed by atoms with E-state index in [1.165, 1.54) is 7.11 Å². The lowest BCUT2D eigenvalue weighted by Gasteiger charge is -2.21. The van der Waals surface area contributed by atoms with Crippen molar-refractivity contribution in [1.29, 1.82) is 0 Å². The molecule has 2 rings (SSSR count). The fraction of sp³-hybridized carbons (Fsp3) is 0.615. The summed E-state index contributed by atoms with van der Waals surface area (Å²) >= 11 is 0. The van der Waals surface area contributed by atoms with Crippen molar-refractivity contribution < 1.29 is 19.4 Å². The SMILES string of the molecule is COCC(=O)N1CCN(Cc2cnc[nH]2)C[C@H](C(=O)O)C1. The predicted molar refractivity (Wildman–Crippen MR) is 73.4 cm³/mol. The number of carbonyl (C=O) groups is 2. The van der Waals surface area contributed by atoms with Crippen molar-refractivity contribution >= 4 is 11.9 Å². The van der Waals surface area contributed by atoms with Gasteiger partial charge < -0.3 is 19.7 Å². The van der Waals surface area contributed by atoms with Gasteiger partial charge in [-0.05, 0) is 0 Å². The Morgan fingerprint density at radius 1 is 1.48 bits per heavy atom. The van der Waals surface area contributed by atoms with Crippen molar-refractivity contribution in [2.24, 2.45) is 5.92 Å². The molecule has 0 radical (unpaired) electrons. The van der Waals surface area contributed by atoms with E-state index in [9.17, 15) is 14.7 Å². The van der Waals surface area contributed by atoms with E-state index >= 15 is 0 Å². The highest BCUT2D eigenvalue weighted by Crippen LogP contribution is 2.13. The number of nitrogens with zero attached hydrogens (tertiary/aromatic N) is 3. The summed E-state index contributed by atoms with van der Waals surface area (Å²) in [5.41, 5.74) is 0.927. The van der Waals surface area contributed by atoms with Crippen LogP contribution in [0.1, 0.15) is 5.69 Å². The fourth-order valence-corrected chi connectivity index (χ4v) is 2.43. The first-order valence-corrected chi connectivity index (χ1v) is 6.79. The van der Waals surface area contributed by atoms with Crippen molar-refractivity contribution in [3.63, 3.8) is 0 Å². The summed E-state index contributed by atoms with van der Waals surface area (Å²) in [7, 11) is 1.45. The standard InChI is InChI=1S/C13H20N4O4/c1-21-8-12(18)17-3-2-16(5-10(6-17)13(19)20)7-11-4-14-9-15-11/h4,9-10H,2-3,5-8H2,1H3,(H,14,15)(H,19,20)/t10-/m0/s1. The molecule has 1 saturated heterocycles. The number of imidazole rings is 1. The van der Waals surface area contributed by atoms with Gasteiger partial charge in [0.15, 0.2) is 0 Å². The highest BCUT2D eigenvalue weighted by molar-refractivity contribution is 5.78. The minimum Gasteiger partial charge on any atom is -0.481 e. The van der Waals surface area contributed by atoms with E-state index in [0.29, 0.717) is 26.2 Å². The van der Waals surface area contributed by atoms with Gasteiger partial charge in [-0.1, -0.05) is 0 Å². The van der Waals surface area contributed by atoms with Crippen LogP contribution in [-0.4, -0.2) is 76.6 Å². The number of carboxylic acid groups (broad SMARTS) is 1. The van der Waals surface area contributed by atoms with Crippen LogP contribution in [-0.2, 0) is 20.9 Å². The number of aliphatic carboxylic acids is 1. The molecule has 0 spiro atoms. The van der Waals surface area contributed by atoms with E-state index in [1.54, 1.807) is 17.4 Å². The second kappa shape index (κ2) is 7.19. The minimum atomic E-state index is -0.887. The molecule has 2 heterocycles. The molecule has 0 aromatic carbocycles. The van der Waals surface area contributed by atoms with Crippen molar-refractivity contribution in [3.8, 4) is 0 Å². The molecule has 1 amide bonds. The van der Waals surface area contributed by atoms with Crippen molar-refractivity contribution in [2.75, 3.05) is 39.9 Å². The van der Waals surface area contributed by atoms with Crippen LogP contribution in [0, 0.1) is 5.92 Å². The van der Waals surface area contributed by atoms with Gasteiger partial charge in [-0.3, -0.25) is 14.5 Å². The Labute approximate surface area is 122 Å². The summed E-state index contributed by atoms with van der Waals surface area (Å²) < 4.78 is 4.84. The number of aromatic nitrogens is 2. The molecule has 1 aromatic rings. The van der Waals surface area contributed by atoms with Gasteiger partial charge in [0.1, 0.15) is 6.61 Å². The van der Waals surface area contributed by atoms with Crippen LogP contribution in [0.5, 0.6) is 0 Å². The number of carboxylic acids is 1. The van der Waals surface area contributed by atoms with Crippen LogP contribution >= 0.6 is 0 Å². The monoisotopic (exact) mass is 296 g/mol. The summed E-state index contributed by atoms with van der Waals surface area (Å²) in [6.45, 7) is 2.32. The Hall–Kier alpha value is -1.93. The first-order chi connectivity index (χ1) is 10.1. The van der Waals surface area contributed by atoms with E-state index in [4.69, 9.17) is 4.74 Å². The largest absolute Gasteiger partial charge is 0.481 e. The number of nitrogens with one attached hydrogen (secondary N) is 1. The summed E-state index contributed by atoms with van der Waals surface area (Å²) in [5, 5.41) is 9.32. The smallest absolute Gasteiger partial charge is 0.309 e. The van der Waals surface area contributed by atoms with Crippen LogP contribution in [0.25, 0.3) is 0 Å². The first-order valence-electron chi connectivity index (χ1n) is 6.79. The molecule has 8 nitrogen and oxygen atoms in total. The maximum atomic E-state index is 11.9. The summed E-state index contributed by atoms with van der Waals surface area (Å²) in [4.78, 5) is 33.8. The van der Waals surface area contributed by atoms with Gasteiger partial charge in [0.25, 0.3) is 0 Å². The Kier molecular flexibility index (Phi) is 5.29. The lowest BCUT2D eigenvalue weighted by Crippen LogP contribution is -2.39. The van der Waals surface area contributed by atoms with Crippen LogP contribution in [0.4, 0.5) is 0 Å². The average Bonchev–Trinajstić information content (AvgIpc) is 2.84. The van der Waals surface area contributed by atoms with Gasteiger partial charge in [-0.15, -0.1) is 0 Å². The highest BCUT2D eigenvalue weighted by Gasteiger charge is 2.29. The normalized spacial score (nSPS) is 20.2. The Morgan fingerprint density at radius 2 is 2.29 bits per heavy atom. The van der Waals surface area contributed by atoms with Crippen LogP contribution < -0.4 is 0 Å². The third-order valence-electron chi connectivity index (χ3n) is 3.52. The number of ether oxygens (including phenoxy) is 1. The number of carbonyl (C=O) groups excluding carboxylic acids is 1. The second-order valence-electron chi connectivity index (χ2n) is 5.12. The van der Waals surface area contributed by atoms with Gasteiger partial charge in [-0.2, -0.15) is 0 Å². The van der Waals surface area contributed by atoms with E-state index in [0.717, 1.165) is 5.69 Å². The van der Waals surface area contributed by atoms with Crippen molar-refractivity contribution in [2.45, 2.75) is 6.54 Å². The van der Waals surface area contributed by atoms with Crippen LogP contribution in [0.3, 0.4) is 0 Å². The lowest BCUT2D eigenvalue weighted by molar-refractivity contribution is -0.144. The van der Waals surface area contributed by atoms with Crippen molar-refractivity contribution in [3.05, 3.63) is 18.2 Å². The molecular weight excluding hydrogens is 276 g/mol. The zero-order valence-electron chi connectivity index (χ0n) is 12.0. The van der Waals surface area contributed by atoms with Gasteiger partial charge in [0.05, 0.1) is 12.2 Å². The van der Waals surface area contributed by atoms with Gasteiger partial charge in [0, 0.05) is 51.7 Å².